The van der Waals surface area contributed by atoms with Gasteiger partial charge in [-0.3, -0.25) is 0 Å². The Morgan fingerprint density at radius 1 is 0.810 bits per heavy atom. The highest BCUT2D eigenvalue weighted by Gasteiger charge is 2.48. The van der Waals surface area contributed by atoms with Gasteiger partial charge < -0.3 is 4.90 Å². The molecule has 0 atom stereocenters. The summed E-state index contributed by atoms with van der Waals surface area (Å²) in [7, 11) is 0. The molecule has 2 aliphatic rings. The number of para-hydroxylation sites is 2. The molecule has 0 bridgehead atoms. The van der Waals surface area contributed by atoms with Crippen molar-refractivity contribution in [2.75, 3.05) is 4.90 Å². The zero-order chi connectivity index (χ0) is 14.3. The average molecular weight is 293 g/mol. The monoisotopic (exact) mass is 293 g/mol. The lowest BCUT2D eigenvalue weighted by Gasteiger charge is -2.35. The van der Waals surface area contributed by atoms with Crippen molar-refractivity contribution in [2.24, 2.45) is 0 Å². The first-order chi connectivity index (χ1) is 10.3. The van der Waals surface area contributed by atoms with Crippen LogP contribution in [-0.2, 0) is 5.41 Å². The van der Waals surface area contributed by atoms with Crippen LogP contribution in [0.3, 0.4) is 0 Å². The van der Waals surface area contributed by atoms with Crippen LogP contribution in [0, 0.1) is 0 Å². The van der Waals surface area contributed by atoms with Crippen molar-refractivity contribution in [1.82, 2.24) is 0 Å². The van der Waals surface area contributed by atoms with Gasteiger partial charge in [0.1, 0.15) is 0 Å². The summed E-state index contributed by atoms with van der Waals surface area (Å²) in [6.07, 6.45) is 6.32. The molecule has 106 valence electrons. The van der Waals surface area contributed by atoms with Crippen LogP contribution in [0.5, 0.6) is 0 Å². The summed E-state index contributed by atoms with van der Waals surface area (Å²) < 4.78 is 0. The van der Waals surface area contributed by atoms with Gasteiger partial charge in [0.2, 0.25) is 0 Å². The molecule has 1 fully saturated rings. The van der Waals surface area contributed by atoms with Gasteiger partial charge in [0, 0.05) is 11.1 Å². The summed E-state index contributed by atoms with van der Waals surface area (Å²) in [4.78, 5) is 3.41. The fraction of sp³-hybridized carbons (Fsp3) is 0.316. The van der Waals surface area contributed by atoms with Crippen molar-refractivity contribution in [3.05, 3.63) is 60.2 Å². The van der Waals surface area contributed by atoms with Crippen LogP contribution >= 0.6 is 12.2 Å². The fourth-order valence-corrected chi connectivity index (χ4v) is 4.50. The Morgan fingerprint density at radius 2 is 1.48 bits per heavy atom. The number of fused-ring (bicyclic) bond motifs is 2. The Labute approximate surface area is 131 Å². The Hall–Kier alpha value is -1.67. The van der Waals surface area contributed by atoms with Crippen LogP contribution in [-0.4, -0.2) is 4.99 Å². The first-order valence-corrected chi connectivity index (χ1v) is 8.23. The molecule has 2 heteroatoms. The summed E-state index contributed by atoms with van der Waals surface area (Å²) in [5.41, 5.74) is 4.02. The second kappa shape index (κ2) is 4.96. The van der Waals surface area contributed by atoms with E-state index >= 15 is 0 Å². The summed E-state index contributed by atoms with van der Waals surface area (Å²) in [6.45, 7) is 0. The summed E-state index contributed by atoms with van der Waals surface area (Å²) in [5.74, 6) is 0. The Morgan fingerprint density at radius 3 is 2.24 bits per heavy atom. The van der Waals surface area contributed by atoms with E-state index in [1.165, 1.54) is 49.0 Å². The lowest BCUT2D eigenvalue weighted by Crippen LogP contribution is -2.38. The Kier molecular flexibility index (Phi) is 3.07. The molecule has 1 aliphatic heterocycles. The van der Waals surface area contributed by atoms with E-state index in [9.17, 15) is 0 Å². The van der Waals surface area contributed by atoms with Gasteiger partial charge in [-0.25, -0.2) is 0 Å². The van der Waals surface area contributed by atoms with E-state index in [1.54, 1.807) is 0 Å². The van der Waals surface area contributed by atoms with Gasteiger partial charge in [-0.1, -0.05) is 67.9 Å². The maximum absolute atomic E-state index is 5.99. The smallest absolute Gasteiger partial charge is 0.0977 e. The van der Waals surface area contributed by atoms with Gasteiger partial charge in [0.05, 0.1) is 10.7 Å². The second-order valence-corrected chi connectivity index (χ2v) is 6.52. The number of anilines is 2. The number of hydrogen-bond acceptors (Lipinski definition) is 1. The highest BCUT2D eigenvalue weighted by atomic mass is 32.1. The normalized spacial score (nSPS) is 19.8. The van der Waals surface area contributed by atoms with E-state index < -0.39 is 0 Å². The van der Waals surface area contributed by atoms with Crippen molar-refractivity contribution in [1.29, 1.82) is 0 Å². The number of rotatable bonds is 1. The lowest BCUT2D eigenvalue weighted by molar-refractivity contribution is 0.388. The minimum Gasteiger partial charge on any atom is -0.304 e. The van der Waals surface area contributed by atoms with Crippen LogP contribution in [0.1, 0.15) is 37.7 Å². The zero-order valence-corrected chi connectivity index (χ0v) is 12.9. The van der Waals surface area contributed by atoms with Crippen LogP contribution in [0.4, 0.5) is 11.4 Å². The molecule has 1 nitrogen and oxygen atoms in total. The summed E-state index contributed by atoms with van der Waals surface area (Å²) >= 11 is 5.99. The molecule has 1 spiro atoms. The van der Waals surface area contributed by atoms with Crippen molar-refractivity contribution in [2.45, 2.75) is 37.5 Å². The highest BCUT2D eigenvalue weighted by molar-refractivity contribution is 7.80. The molecule has 0 saturated heterocycles. The Bertz CT molecular complexity index is 671. The lowest BCUT2D eigenvalue weighted by atomic mass is 9.70. The maximum Gasteiger partial charge on any atom is 0.0977 e. The molecule has 1 aliphatic carbocycles. The van der Waals surface area contributed by atoms with Gasteiger partial charge in [0.25, 0.3) is 0 Å². The fourth-order valence-electron chi connectivity index (χ4n) is 3.98. The van der Waals surface area contributed by atoms with Crippen LogP contribution in [0.2, 0.25) is 0 Å². The third-order valence-corrected chi connectivity index (χ3v) is 5.57. The largest absolute Gasteiger partial charge is 0.304 e. The quantitative estimate of drug-likeness (QED) is 0.650. The van der Waals surface area contributed by atoms with Gasteiger partial charge >= 0.3 is 0 Å². The highest BCUT2D eigenvalue weighted by Crippen LogP contribution is 2.52. The number of thiocarbonyl (C=S) groups is 1. The molecule has 21 heavy (non-hydrogen) atoms. The van der Waals surface area contributed by atoms with Crippen molar-refractivity contribution < 1.29 is 0 Å². The minimum atomic E-state index is 0.0972. The molecule has 0 unspecified atom stereocenters. The molecule has 0 amide bonds. The van der Waals surface area contributed by atoms with Gasteiger partial charge in [-0.05, 0) is 36.6 Å². The first kappa shape index (κ1) is 13.0. The SMILES string of the molecule is S=C1N(c2ccccc2)c2ccccc2C12CCCCC2. The van der Waals surface area contributed by atoms with E-state index in [-0.39, 0.29) is 5.41 Å². The maximum atomic E-state index is 5.99. The molecule has 1 saturated carbocycles. The molecule has 4 rings (SSSR count). The van der Waals surface area contributed by atoms with E-state index in [2.05, 4.69) is 59.5 Å². The van der Waals surface area contributed by atoms with E-state index in [1.807, 2.05) is 0 Å². The molecule has 1 heterocycles. The third-order valence-electron chi connectivity index (χ3n) is 4.99. The summed E-state index contributed by atoms with van der Waals surface area (Å²) in [5, 5.41) is 0. The van der Waals surface area contributed by atoms with Gasteiger partial charge in [-0.2, -0.15) is 0 Å². The average Bonchev–Trinajstić information content (AvgIpc) is 2.79. The molecular weight excluding hydrogens is 274 g/mol. The molecule has 2 aromatic carbocycles. The zero-order valence-electron chi connectivity index (χ0n) is 12.1. The standard InChI is InChI=1S/C19H19NS/c21-18-19(13-7-2-8-14-19)16-11-5-6-12-17(16)20(18)15-9-3-1-4-10-15/h1,3-6,9-12H,2,7-8,13-14H2. The molecule has 0 aromatic heterocycles. The third kappa shape index (κ3) is 1.86. The molecule has 2 aromatic rings. The minimum absolute atomic E-state index is 0.0972. The topological polar surface area (TPSA) is 3.24 Å². The predicted octanol–water partition coefficient (Wildman–Crippen LogP) is 5.37. The summed E-state index contributed by atoms with van der Waals surface area (Å²) in [6, 6.07) is 19.3. The van der Waals surface area contributed by atoms with E-state index in [4.69, 9.17) is 12.2 Å². The van der Waals surface area contributed by atoms with E-state index in [0.717, 1.165) is 4.99 Å². The van der Waals surface area contributed by atoms with Crippen LogP contribution in [0.15, 0.2) is 54.6 Å². The molecule has 0 N–H and O–H groups in total. The number of benzene rings is 2. The second-order valence-electron chi connectivity index (χ2n) is 6.14. The number of hydrogen-bond donors (Lipinski definition) is 0. The Balaban J connectivity index is 1.89. The van der Waals surface area contributed by atoms with Crippen LogP contribution in [0.25, 0.3) is 0 Å². The van der Waals surface area contributed by atoms with Gasteiger partial charge in [-0.15, -0.1) is 0 Å². The van der Waals surface area contributed by atoms with Crippen LogP contribution < -0.4 is 4.90 Å². The van der Waals surface area contributed by atoms with Gasteiger partial charge in [0.15, 0.2) is 0 Å². The van der Waals surface area contributed by atoms with E-state index in [0.29, 0.717) is 0 Å². The predicted molar refractivity (Wildman–Crippen MR) is 92.4 cm³/mol. The van der Waals surface area contributed by atoms with Crippen molar-refractivity contribution in [3.63, 3.8) is 0 Å². The molecular formula is C19H19NS. The van der Waals surface area contributed by atoms with Crippen molar-refractivity contribution in [3.8, 4) is 0 Å². The van der Waals surface area contributed by atoms with Crippen molar-refractivity contribution >= 4 is 28.6 Å². The molecule has 0 radical (unpaired) electrons. The number of nitrogens with zero attached hydrogens (tertiary/aromatic N) is 1. The first-order valence-electron chi connectivity index (χ1n) is 7.82.